The lowest BCUT2D eigenvalue weighted by atomic mass is 9.63. The molecule has 1 aromatic heterocycles. The number of likely N-dealkylation sites (tertiary alicyclic amines) is 1. The molecule has 4 rings (SSSR count). The van der Waals surface area contributed by atoms with E-state index in [1.165, 1.54) is 36.8 Å². The number of hydrogen-bond acceptors (Lipinski definition) is 3. The van der Waals surface area contributed by atoms with Gasteiger partial charge in [-0.3, -0.25) is 9.62 Å². The number of fused-ring (bicyclic) bond motifs is 2. The third kappa shape index (κ3) is 3.78. The summed E-state index contributed by atoms with van der Waals surface area (Å²) in [6, 6.07) is 13.3. The van der Waals surface area contributed by atoms with Crippen LogP contribution in [0.2, 0.25) is 0 Å². The lowest BCUT2D eigenvalue weighted by molar-refractivity contribution is 0.0232. The highest BCUT2D eigenvalue weighted by Crippen LogP contribution is 2.49. The Kier molecular flexibility index (Phi) is 4.80. The van der Waals surface area contributed by atoms with Gasteiger partial charge in [-0.15, -0.1) is 0 Å². The van der Waals surface area contributed by atoms with Crippen molar-refractivity contribution in [2.45, 2.75) is 56.5 Å². The van der Waals surface area contributed by atoms with Crippen molar-refractivity contribution in [2.24, 2.45) is 0 Å². The minimum atomic E-state index is -3.25. The van der Waals surface area contributed by atoms with Crippen LogP contribution in [0.15, 0.2) is 42.6 Å². The number of nitrogens with one attached hydrogen (secondary N) is 2. The molecular weight excluding hydrogens is 358 g/mol. The second-order valence-electron chi connectivity index (χ2n) is 8.27. The van der Waals surface area contributed by atoms with Gasteiger partial charge in [0.05, 0.1) is 6.26 Å². The Bertz CT molecular complexity index is 894. The average Bonchev–Trinajstić information content (AvgIpc) is 3.15. The first-order chi connectivity index (χ1) is 12.9. The lowest BCUT2D eigenvalue weighted by Gasteiger charge is -2.52. The van der Waals surface area contributed by atoms with Crippen LogP contribution < -0.4 is 4.72 Å². The van der Waals surface area contributed by atoms with Crippen molar-refractivity contribution in [3.05, 3.63) is 53.9 Å². The third-order valence-corrected chi connectivity index (χ3v) is 7.09. The van der Waals surface area contributed by atoms with Crippen LogP contribution in [0.5, 0.6) is 0 Å². The summed E-state index contributed by atoms with van der Waals surface area (Å²) in [5.74, 6) is 0. The van der Waals surface area contributed by atoms with Crippen molar-refractivity contribution in [2.75, 3.05) is 17.5 Å². The van der Waals surface area contributed by atoms with Crippen LogP contribution in [0.1, 0.15) is 56.3 Å². The molecule has 2 N–H and O–H groups in total. The molecule has 2 bridgehead atoms. The Morgan fingerprint density at radius 3 is 2.85 bits per heavy atom. The van der Waals surface area contributed by atoms with Gasteiger partial charge in [-0.2, -0.15) is 0 Å². The van der Waals surface area contributed by atoms with Crippen LogP contribution in [0, 0.1) is 0 Å². The van der Waals surface area contributed by atoms with Crippen molar-refractivity contribution in [3.63, 3.8) is 0 Å². The van der Waals surface area contributed by atoms with Crippen molar-refractivity contribution < 1.29 is 8.42 Å². The Morgan fingerprint density at radius 1 is 1.26 bits per heavy atom. The van der Waals surface area contributed by atoms with E-state index < -0.39 is 10.0 Å². The predicted octanol–water partition coefficient (Wildman–Crippen LogP) is 4.03. The van der Waals surface area contributed by atoms with Gasteiger partial charge in [0.15, 0.2) is 0 Å². The zero-order chi connectivity index (χ0) is 19.1. The Hall–Kier alpha value is -1.79. The van der Waals surface area contributed by atoms with E-state index in [-0.39, 0.29) is 5.41 Å². The van der Waals surface area contributed by atoms with Crippen LogP contribution >= 0.6 is 0 Å². The number of hydrogen-bond donors (Lipinski definition) is 2. The number of aromatic nitrogens is 1. The minimum absolute atomic E-state index is 0.171. The molecule has 1 aliphatic heterocycles. The summed E-state index contributed by atoms with van der Waals surface area (Å²) < 4.78 is 25.9. The van der Waals surface area contributed by atoms with Gasteiger partial charge in [0.2, 0.25) is 10.0 Å². The quantitative estimate of drug-likeness (QED) is 0.814. The van der Waals surface area contributed by atoms with Gasteiger partial charge >= 0.3 is 0 Å². The molecule has 2 heterocycles. The predicted molar refractivity (Wildman–Crippen MR) is 109 cm³/mol. The van der Waals surface area contributed by atoms with E-state index in [1.807, 2.05) is 24.4 Å². The maximum Gasteiger partial charge on any atom is 0.229 e. The highest BCUT2D eigenvalue weighted by atomic mass is 32.2. The first-order valence-electron chi connectivity index (χ1n) is 9.84. The zero-order valence-corrected chi connectivity index (χ0v) is 16.9. The SMILES string of the molecule is CC(c1ccc[nH]1)N1CCC2(c3cccc(NS(C)(=O)=O)c3)CCCC1C2. The van der Waals surface area contributed by atoms with E-state index in [9.17, 15) is 8.42 Å². The molecule has 1 aromatic carbocycles. The summed E-state index contributed by atoms with van der Waals surface area (Å²) in [6.07, 6.45) is 9.14. The van der Waals surface area contributed by atoms with Crippen molar-refractivity contribution in [3.8, 4) is 0 Å². The number of benzene rings is 1. The standard InChI is InChI=1S/C21H29N3O2S/c1-16(20-9-5-12-22-20)24-13-11-21(10-4-8-19(24)15-21)17-6-3-7-18(14-17)23-27(2,25)26/h3,5-7,9,12,14,16,19,22-23H,4,8,10-11,13,15H2,1-2H3. The number of anilines is 1. The number of aromatic amines is 1. The number of sulfonamides is 1. The van der Waals surface area contributed by atoms with Crippen LogP contribution in [0.25, 0.3) is 0 Å². The molecule has 2 fully saturated rings. The highest BCUT2D eigenvalue weighted by Gasteiger charge is 2.45. The fourth-order valence-electron chi connectivity index (χ4n) is 5.19. The average molecular weight is 388 g/mol. The second kappa shape index (κ2) is 6.99. The van der Waals surface area contributed by atoms with Gasteiger partial charge in [0.25, 0.3) is 0 Å². The van der Waals surface area contributed by atoms with E-state index in [2.05, 4.69) is 39.7 Å². The molecule has 0 radical (unpaired) electrons. The van der Waals surface area contributed by atoms with Crippen LogP contribution in [-0.4, -0.2) is 37.1 Å². The molecule has 27 heavy (non-hydrogen) atoms. The summed E-state index contributed by atoms with van der Waals surface area (Å²) in [5, 5.41) is 0. The fraction of sp³-hybridized carbons (Fsp3) is 0.524. The van der Waals surface area contributed by atoms with Crippen LogP contribution in [0.4, 0.5) is 5.69 Å². The molecule has 1 saturated heterocycles. The summed E-state index contributed by atoms with van der Waals surface area (Å²) in [6.45, 7) is 3.37. The van der Waals surface area contributed by atoms with Gasteiger partial charge in [0.1, 0.15) is 0 Å². The van der Waals surface area contributed by atoms with Crippen LogP contribution in [-0.2, 0) is 15.4 Å². The molecule has 2 aromatic rings. The molecule has 5 nitrogen and oxygen atoms in total. The number of nitrogens with zero attached hydrogens (tertiary/aromatic N) is 1. The van der Waals surface area contributed by atoms with Crippen LogP contribution in [0.3, 0.4) is 0 Å². The van der Waals surface area contributed by atoms with Gasteiger partial charge < -0.3 is 4.98 Å². The zero-order valence-electron chi connectivity index (χ0n) is 16.1. The van der Waals surface area contributed by atoms with Crippen molar-refractivity contribution in [1.82, 2.24) is 9.88 Å². The van der Waals surface area contributed by atoms with Crippen molar-refractivity contribution in [1.29, 1.82) is 0 Å². The van der Waals surface area contributed by atoms with E-state index >= 15 is 0 Å². The molecule has 3 atom stereocenters. The molecule has 1 saturated carbocycles. The maximum atomic E-state index is 11.6. The molecule has 0 spiro atoms. The number of piperidine rings is 1. The van der Waals surface area contributed by atoms with E-state index in [0.717, 1.165) is 19.4 Å². The van der Waals surface area contributed by atoms with Gasteiger partial charge in [-0.1, -0.05) is 18.6 Å². The second-order valence-corrected chi connectivity index (χ2v) is 10.0. The van der Waals surface area contributed by atoms with Gasteiger partial charge in [0, 0.05) is 29.7 Å². The third-order valence-electron chi connectivity index (χ3n) is 6.48. The number of rotatable bonds is 5. The largest absolute Gasteiger partial charge is 0.364 e. The molecule has 1 aliphatic carbocycles. The normalized spacial score (nSPS) is 27.3. The number of H-pyrrole nitrogens is 1. The summed E-state index contributed by atoms with van der Waals surface area (Å²) in [7, 11) is -3.25. The summed E-state index contributed by atoms with van der Waals surface area (Å²) in [5.41, 5.74) is 3.42. The molecule has 6 heteroatoms. The van der Waals surface area contributed by atoms with Gasteiger partial charge in [-0.25, -0.2) is 8.42 Å². The van der Waals surface area contributed by atoms with E-state index in [0.29, 0.717) is 17.8 Å². The van der Waals surface area contributed by atoms with Gasteiger partial charge in [-0.05, 0) is 74.4 Å². The topological polar surface area (TPSA) is 65.2 Å². The van der Waals surface area contributed by atoms with Crippen molar-refractivity contribution >= 4 is 15.7 Å². The Morgan fingerprint density at radius 2 is 2.11 bits per heavy atom. The Balaban J connectivity index is 1.57. The van der Waals surface area contributed by atoms with E-state index in [1.54, 1.807) is 0 Å². The monoisotopic (exact) mass is 387 g/mol. The minimum Gasteiger partial charge on any atom is -0.364 e. The molecular formula is C21H29N3O2S. The first-order valence-corrected chi connectivity index (χ1v) is 11.7. The summed E-state index contributed by atoms with van der Waals surface area (Å²) in [4.78, 5) is 6.03. The highest BCUT2D eigenvalue weighted by molar-refractivity contribution is 7.92. The summed E-state index contributed by atoms with van der Waals surface area (Å²) >= 11 is 0. The maximum absolute atomic E-state index is 11.6. The lowest BCUT2D eigenvalue weighted by Crippen LogP contribution is -2.52. The molecule has 2 aliphatic rings. The smallest absolute Gasteiger partial charge is 0.229 e. The Labute approximate surface area is 162 Å². The molecule has 3 unspecified atom stereocenters. The first kappa shape index (κ1) is 18.6. The molecule has 0 amide bonds. The van der Waals surface area contributed by atoms with E-state index in [4.69, 9.17) is 0 Å². The fourth-order valence-corrected chi connectivity index (χ4v) is 5.75. The molecule has 146 valence electrons.